The van der Waals surface area contributed by atoms with Crippen LogP contribution >= 0.6 is 0 Å². The molecule has 1 amide bonds. The van der Waals surface area contributed by atoms with Crippen molar-refractivity contribution < 1.29 is 13.9 Å². The van der Waals surface area contributed by atoms with Crippen molar-refractivity contribution in [3.05, 3.63) is 35.6 Å². The van der Waals surface area contributed by atoms with Gasteiger partial charge in [0.2, 0.25) is 5.91 Å². The third kappa shape index (κ3) is 2.78. The molecule has 0 atom stereocenters. The van der Waals surface area contributed by atoms with Gasteiger partial charge in [-0.25, -0.2) is 4.39 Å². The molecule has 1 aliphatic rings. The number of hydrogen-bond acceptors (Lipinski definition) is 2. The normalized spacial score (nSPS) is 16.7. The summed E-state index contributed by atoms with van der Waals surface area (Å²) in [5.74, 6) is -0.339. The number of ether oxygens (including phenoxy) is 1. The number of amides is 1. The zero-order chi connectivity index (χ0) is 13.7. The summed E-state index contributed by atoms with van der Waals surface area (Å²) in [4.78, 5) is 12.3. The Labute approximate surface area is 113 Å². The first kappa shape index (κ1) is 14.0. The maximum absolute atomic E-state index is 13.9. The van der Waals surface area contributed by atoms with Gasteiger partial charge in [-0.3, -0.25) is 4.79 Å². The SMILES string of the molecule is COCCCNC(=O)C1(c2ccccc2F)CCC1. The molecule has 0 bridgehead atoms. The second-order valence-corrected chi connectivity index (χ2v) is 5.02. The highest BCUT2D eigenvalue weighted by Crippen LogP contribution is 2.44. The molecule has 4 heteroatoms. The molecule has 1 saturated carbocycles. The Bertz CT molecular complexity index is 444. The molecule has 0 aliphatic heterocycles. The van der Waals surface area contributed by atoms with Crippen molar-refractivity contribution in [2.45, 2.75) is 31.1 Å². The Morgan fingerprint density at radius 2 is 2.16 bits per heavy atom. The van der Waals surface area contributed by atoms with Crippen molar-refractivity contribution in [3.8, 4) is 0 Å². The van der Waals surface area contributed by atoms with Gasteiger partial charge in [-0.15, -0.1) is 0 Å². The van der Waals surface area contributed by atoms with Crippen molar-refractivity contribution in [2.75, 3.05) is 20.3 Å². The van der Waals surface area contributed by atoms with E-state index in [0.29, 0.717) is 18.7 Å². The second-order valence-electron chi connectivity index (χ2n) is 5.02. The number of nitrogens with one attached hydrogen (secondary N) is 1. The number of hydrogen-bond donors (Lipinski definition) is 1. The average Bonchev–Trinajstić information content (AvgIpc) is 2.36. The zero-order valence-electron chi connectivity index (χ0n) is 11.2. The summed E-state index contributed by atoms with van der Waals surface area (Å²) < 4.78 is 18.9. The van der Waals surface area contributed by atoms with Gasteiger partial charge in [-0.05, 0) is 25.3 Å². The third-order valence-electron chi connectivity index (χ3n) is 3.84. The fraction of sp³-hybridized carbons (Fsp3) is 0.533. The molecule has 2 rings (SSSR count). The molecule has 1 fully saturated rings. The van der Waals surface area contributed by atoms with Crippen LogP contribution in [0.2, 0.25) is 0 Å². The van der Waals surface area contributed by atoms with E-state index < -0.39 is 5.41 Å². The summed E-state index contributed by atoms with van der Waals surface area (Å²) in [6, 6.07) is 6.59. The van der Waals surface area contributed by atoms with Gasteiger partial charge in [-0.1, -0.05) is 24.6 Å². The smallest absolute Gasteiger partial charge is 0.230 e. The van der Waals surface area contributed by atoms with Crippen LogP contribution in [0, 0.1) is 5.82 Å². The van der Waals surface area contributed by atoms with Gasteiger partial charge in [0.1, 0.15) is 5.82 Å². The summed E-state index contributed by atoms with van der Waals surface area (Å²) >= 11 is 0. The van der Waals surface area contributed by atoms with Gasteiger partial charge >= 0.3 is 0 Å². The van der Waals surface area contributed by atoms with Crippen LogP contribution in [0.4, 0.5) is 4.39 Å². The number of benzene rings is 1. The fourth-order valence-corrected chi connectivity index (χ4v) is 2.59. The van der Waals surface area contributed by atoms with Gasteiger partial charge in [0.25, 0.3) is 0 Å². The number of halogens is 1. The van der Waals surface area contributed by atoms with Crippen molar-refractivity contribution in [3.63, 3.8) is 0 Å². The lowest BCUT2D eigenvalue weighted by Crippen LogP contribution is -2.50. The number of methoxy groups -OCH3 is 1. The van der Waals surface area contributed by atoms with Crippen LogP contribution < -0.4 is 5.32 Å². The van der Waals surface area contributed by atoms with E-state index in [2.05, 4.69) is 5.32 Å². The van der Waals surface area contributed by atoms with Crippen molar-refractivity contribution in [1.82, 2.24) is 5.32 Å². The van der Waals surface area contributed by atoms with E-state index in [1.165, 1.54) is 6.07 Å². The molecule has 3 nitrogen and oxygen atoms in total. The summed E-state index contributed by atoms with van der Waals surface area (Å²) in [5.41, 5.74) is -0.121. The molecule has 0 heterocycles. The fourth-order valence-electron chi connectivity index (χ4n) is 2.59. The van der Waals surface area contributed by atoms with Gasteiger partial charge in [0.15, 0.2) is 0 Å². The minimum absolute atomic E-state index is 0.0556. The first-order chi connectivity index (χ1) is 9.20. The van der Waals surface area contributed by atoms with E-state index in [4.69, 9.17) is 4.74 Å². The van der Waals surface area contributed by atoms with Crippen molar-refractivity contribution in [1.29, 1.82) is 0 Å². The van der Waals surface area contributed by atoms with Crippen LogP contribution in [0.5, 0.6) is 0 Å². The summed E-state index contributed by atoms with van der Waals surface area (Å²) in [7, 11) is 1.63. The number of carbonyl (C=O) groups excluding carboxylic acids is 1. The van der Waals surface area contributed by atoms with Crippen LogP contribution in [0.3, 0.4) is 0 Å². The molecule has 0 saturated heterocycles. The first-order valence-electron chi connectivity index (χ1n) is 6.73. The van der Waals surface area contributed by atoms with Crippen LogP contribution in [0.15, 0.2) is 24.3 Å². The Morgan fingerprint density at radius 1 is 1.42 bits per heavy atom. The van der Waals surface area contributed by atoms with Crippen LogP contribution in [0.25, 0.3) is 0 Å². The van der Waals surface area contributed by atoms with E-state index in [1.54, 1.807) is 25.3 Å². The molecule has 1 N–H and O–H groups in total. The standard InChI is InChI=1S/C15H20FNO2/c1-19-11-5-10-17-14(18)15(8-4-9-15)12-6-2-3-7-13(12)16/h2-3,6-7H,4-5,8-11H2,1H3,(H,17,18). The highest BCUT2D eigenvalue weighted by Gasteiger charge is 2.46. The van der Waals surface area contributed by atoms with Gasteiger partial charge in [0.05, 0.1) is 5.41 Å². The molecule has 1 aromatic carbocycles. The lowest BCUT2D eigenvalue weighted by atomic mass is 9.63. The number of carbonyl (C=O) groups is 1. The van der Waals surface area contributed by atoms with E-state index >= 15 is 0 Å². The molecule has 1 aliphatic carbocycles. The quantitative estimate of drug-likeness (QED) is 0.802. The van der Waals surface area contributed by atoms with Gasteiger partial charge in [-0.2, -0.15) is 0 Å². The van der Waals surface area contributed by atoms with Crippen LogP contribution in [0.1, 0.15) is 31.2 Å². The molecule has 1 aromatic rings. The molecule has 104 valence electrons. The van der Waals surface area contributed by atoms with Crippen molar-refractivity contribution in [2.24, 2.45) is 0 Å². The van der Waals surface area contributed by atoms with E-state index in [-0.39, 0.29) is 11.7 Å². The molecular weight excluding hydrogens is 245 g/mol. The lowest BCUT2D eigenvalue weighted by molar-refractivity contribution is -0.130. The molecule has 0 spiro atoms. The monoisotopic (exact) mass is 265 g/mol. The lowest BCUT2D eigenvalue weighted by Gasteiger charge is -2.40. The van der Waals surface area contributed by atoms with Gasteiger partial charge < -0.3 is 10.1 Å². The molecule has 0 radical (unpaired) electrons. The molecule has 19 heavy (non-hydrogen) atoms. The Kier molecular flexibility index (Phi) is 4.53. The van der Waals surface area contributed by atoms with Crippen LogP contribution in [-0.4, -0.2) is 26.2 Å². The first-order valence-corrected chi connectivity index (χ1v) is 6.73. The maximum Gasteiger partial charge on any atom is 0.230 e. The summed E-state index contributed by atoms with van der Waals surface area (Å²) in [6.07, 6.45) is 3.20. The van der Waals surface area contributed by atoms with E-state index in [0.717, 1.165) is 25.7 Å². The number of rotatable bonds is 6. The minimum atomic E-state index is -0.654. The zero-order valence-corrected chi connectivity index (χ0v) is 11.2. The van der Waals surface area contributed by atoms with Crippen LogP contribution in [-0.2, 0) is 14.9 Å². The molecule has 0 aromatic heterocycles. The van der Waals surface area contributed by atoms with Gasteiger partial charge in [0, 0.05) is 25.8 Å². The Morgan fingerprint density at radius 3 is 2.74 bits per heavy atom. The largest absolute Gasteiger partial charge is 0.385 e. The van der Waals surface area contributed by atoms with E-state index in [1.807, 2.05) is 0 Å². The minimum Gasteiger partial charge on any atom is -0.385 e. The second kappa shape index (κ2) is 6.15. The average molecular weight is 265 g/mol. The predicted octanol–water partition coefficient (Wildman–Crippen LogP) is 2.40. The molecular formula is C15H20FNO2. The Balaban J connectivity index is 2.06. The third-order valence-corrected chi connectivity index (χ3v) is 3.84. The highest BCUT2D eigenvalue weighted by molar-refractivity contribution is 5.89. The molecule has 0 unspecified atom stereocenters. The Hall–Kier alpha value is -1.42. The topological polar surface area (TPSA) is 38.3 Å². The summed E-state index contributed by atoms with van der Waals surface area (Å²) in [5, 5.41) is 2.90. The highest BCUT2D eigenvalue weighted by atomic mass is 19.1. The van der Waals surface area contributed by atoms with Crippen molar-refractivity contribution >= 4 is 5.91 Å². The maximum atomic E-state index is 13.9. The van der Waals surface area contributed by atoms with E-state index in [9.17, 15) is 9.18 Å². The summed E-state index contributed by atoms with van der Waals surface area (Å²) in [6.45, 7) is 1.19. The predicted molar refractivity (Wildman–Crippen MR) is 71.4 cm³/mol.